The van der Waals surface area contributed by atoms with Crippen molar-refractivity contribution in [1.82, 2.24) is 10.3 Å². The van der Waals surface area contributed by atoms with Crippen LogP contribution in [0.2, 0.25) is 5.02 Å². The summed E-state index contributed by atoms with van der Waals surface area (Å²) < 4.78 is 0. The molecule has 0 aliphatic rings. The highest BCUT2D eigenvalue weighted by Gasteiger charge is 2.12. The molecular formula is C15H13ClN2O3S. The summed E-state index contributed by atoms with van der Waals surface area (Å²) in [4.78, 5) is 26.8. The molecule has 0 atom stereocenters. The molecule has 0 radical (unpaired) electrons. The number of rotatable bonds is 6. The largest absolute Gasteiger partial charge is 0.478 e. The number of benzene rings is 1. The summed E-state index contributed by atoms with van der Waals surface area (Å²) in [5.41, 5.74) is 0.991. The van der Waals surface area contributed by atoms with Crippen molar-refractivity contribution >= 4 is 35.2 Å². The summed E-state index contributed by atoms with van der Waals surface area (Å²) >= 11 is 6.96. The zero-order valence-electron chi connectivity index (χ0n) is 11.5. The number of amides is 1. The van der Waals surface area contributed by atoms with Crippen LogP contribution in [-0.4, -0.2) is 27.7 Å². The van der Waals surface area contributed by atoms with E-state index in [9.17, 15) is 9.59 Å². The molecule has 0 spiro atoms. The molecule has 0 aliphatic heterocycles. The van der Waals surface area contributed by atoms with Crippen LogP contribution in [0.3, 0.4) is 0 Å². The second-order valence-corrected chi connectivity index (χ2v) is 5.76. The second kappa shape index (κ2) is 7.82. The fraction of sp³-hybridized carbons (Fsp3) is 0.133. The van der Waals surface area contributed by atoms with Gasteiger partial charge >= 0.3 is 5.97 Å². The predicted octanol–water partition coefficient (Wildman–Crippen LogP) is 2.84. The number of hydrogen-bond donors (Lipinski definition) is 2. The van der Waals surface area contributed by atoms with Crippen LogP contribution in [0.1, 0.15) is 15.9 Å². The molecule has 7 heteroatoms. The molecule has 5 nitrogen and oxygen atoms in total. The maximum absolute atomic E-state index is 11.8. The zero-order valence-corrected chi connectivity index (χ0v) is 13.0. The first-order chi connectivity index (χ1) is 10.6. The quantitative estimate of drug-likeness (QED) is 0.793. The van der Waals surface area contributed by atoms with Gasteiger partial charge in [-0.1, -0.05) is 35.5 Å². The number of hydrogen-bond acceptors (Lipinski definition) is 4. The Balaban J connectivity index is 1.87. The van der Waals surface area contributed by atoms with Crippen LogP contribution in [0.5, 0.6) is 0 Å². The minimum atomic E-state index is -1.06. The van der Waals surface area contributed by atoms with E-state index < -0.39 is 5.97 Å². The van der Waals surface area contributed by atoms with Crippen LogP contribution in [0.4, 0.5) is 0 Å². The molecule has 0 bridgehead atoms. The number of pyridine rings is 1. The number of nitrogens with zero attached hydrogens (tertiary/aromatic N) is 1. The van der Waals surface area contributed by atoms with E-state index in [1.54, 1.807) is 18.2 Å². The number of nitrogens with one attached hydrogen (secondary N) is 1. The van der Waals surface area contributed by atoms with Gasteiger partial charge < -0.3 is 10.4 Å². The highest BCUT2D eigenvalue weighted by atomic mass is 35.5. The molecule has 114 valence electrons. The third-order valence-corrected chi connectivity index (χ3v) is 3.96. The summed E-state index contributed by atoms with van der Waals surface area (Å²) in [6.45, 7) is 0.369. The van der Waals surface area contributed by atoms with E-state index in [1.165, 1.54) is 12.3 Å². The molecule has 0 fully saturated rings. The molecule has 1 amide bonds. The number of aromatic nitrogens is 1. The van der Waals surface area contributed by atoms with Crippen molar-refractivity contribution in [2.45, 2.75) is 11.6 Å². The number of carboxylic acid groups (broad SMARTS) is 1. The van der Waals surface area contributed by atoms with E-state index in [1.807, 2.05) is 12.1 Å². The number of aromatic carboxylic acids is 1. The molecular weight excluding hydrogens is 324 g/mol. The van der Waals surface area contributed by atoms with Crippen LogP contribution < -0.4 is 5.32 Å². The number of carbonyl (C=O) groups excluding carboxylic acids is 1. The van der Waals surface area contributed by atoms with E-state index in [4.69, 9.17) is 16.7 Å². The predicted molar refractivity (Wildman–Crippen MR) is 85.2 cm³/mol. The van der Waals surface area contributed by atoms with Crippen LogP contribution in [0.15, 0.2) is 47.6 Å². The van der Waals surface area contributed by atoms with Crippen molar-refractivity contribution < 1.29 is 14.7 Å². The molecule has 1 aromatic carbocycles. The van der Waals surface area contributed by atoms with E-state index in [0.717, 1.165) is 17.3 Å². The first-order valence-electron chi connectivity index (χ1n) is 6.38. The Morgan fingerprint density at radius 1 is 1.27 bits per heavy atom. The first-order valence-corrected chi connectivity index (χ1v) is 7.75. The highest BCUT2D eigenvalue weighted by molar-refractivity contribution is 8.00. The third kappa shape index (κ3) is 4.75. The molecule has 1 heterocycles. The zero-order chi connectivity index (χ0) is 15.9. The van der Waals surface area contributed by atoms with Crippen molar-refractivity contribution in [3.8, 4) is 0 Å². The van der Waals surface area contributed by atoms with Gasteiger partial charge in [0.2, 0.25) is 5.91 Å². The van der Waals surface area contributed by atoms with Crippen molar-refractivity contribution in [1.29, 1.82) is 0 Å². The van der Waals surface area contributed by atoms with Gasteiger partial charge in [0.1, 0.15) is 5.03 Å². The Labute approximate surface area is 136 Å². The van der Waals surface area contributed by atoms with Crippen LogP contribution in [0, 0.1) is 0 Å². The van der Waals surface area contributed by atoms with Crippen molar-refractivity contribution in [2.24, 2.45) is 0 Å². The van der Waals surface area contributed by atoms with Gasteiger partial charge in [-0.05, 0) is 29.8 Å². The molecule has 22 heavy (non-hydrogen) atoms. The molecule has 2 rings (SSSR count). The maximum Gasteiger partial charge on any atom is 0.338 e. The van der Waals surface area contributed by atoms with Crippen molar-refractivity contribution in [2.75, 3.05) is 5.75 Å². The summed E-state index contributed by atoms with van der Waals surface area (Å²) in [5, 5.41) is 12.7. The molecule has 0 saturated heterocycles. The van der Waals surface area contributed by atoms with E-state index in [0.29, 0.717) is 16.6 Å². The monoisotopic (exact) mass is 336 g/mol. The van der Waals surface area contributed by atoms with E-state index in [2.05, 4.69) is 10.3 Å². The van der Waals surface area contributed by atoms with Gasteiger partial charge in [0.25, 0.3) is 0 Å². The molecule has 2 aromatic rings. The Kier molecular flexibility index (Phi) is 5.80. The molecule has 0 saturated carbocycles. The lowest BCUT2D eigenvalue weighted by molar-refractivity contribution is -0.118. The minimum Gasteiger partial charge on any atom is -0.478 e. The third-order valence-electron chi connectivity index (χ3n) is 2.72. The minimum absolute atomic E-state index is 0.0927. The van der Waals surface area contributed by atoms with Crippen LogP contribution in [0.25, 0.3) is 0 Å². The number of halogens is 1. The number of carbonyl (C=O) groups is 2. The lowest BCUT2D eigenvalue weighted by atomic mass is 10.2. The average molecular weight is 337 g/mol. The molecule has 0 aliphatic carbocycles. The van der Waals surface area contributed by atoms with Gasteiger partial charge in [-0.3, -0.25) is 4.79 Å². The van der Waals surface area contributed by atoms with Gasteiger partial charge in [-0.15, -0.1) is 0 Å². The van der Waals surface area contributed by atoms with Crippen LogP contribution in [-0.2, 0) is 11.3 Å². The van der Waals surface area contributed by atoms with Gasteiger partial charge in [-0.2, -0.15) is 0 Å². The van der Waals surface area contributed by atoms with E-state index in [-0.39, 0.29) is 17.2 Å². The smallest absolute Gasteiger partial charge is 0.338 e. The highest BCUT2D eigenvalue weighted by Crippen LogP contribution is 2.19. The summed E-state index contributed by atoms with van der Waals surface area (Å²) in [5.74, 6) is -1.17. The van der Waals surface area contributed by atoms with Gasteiger partial charge in [-0.25, -0.2) is 9.78 Å². The topological polar surface area (TPSA) is 79.3 Å². The van der Waals surface area contributed by atoms with Gasteiger partial charge in [0, 0.05) is 17.8 Å². The first kappa shape index (κ1) is 16.3. The molecule has 0 unspecified atom stereocenters. The fourth-order valence-corrected chi connectivity index (χ4v) is 2.73. The van der Waals surface area contributed by atoms with E-state index >= 15 is 0 Å². The van der Waals surface area contributed by atoms with Gasteiger partial charge in [0.05, 0.1) is 11.3 Å². The lowest BCUT2D eigenvalue weighted by Gasteiger charge is -2.06. The molecule has 2 N–H and O–H groups in total. The van der Waals surface area contributed by atoms with Crippen molar-refractivity contribution in [3.63, 3.8) is 0 Å². The fourth-order valence-electron chi connectivity index (χ4n) is 1.70. The Morgan fingerprint density at radius 2 is 2.09 bits per heavy atom. The maximum atomic E-state index is 11.8. The average Bonchev–Trinajstić information content (AvgIpc) is 2.51. The number of thioether (sulfide) groups is 1. The van der Waals surface area contributed by atoms with Crippen molar-refractivity contribution in [3.05, 3.63) is 58.7 Å². The Morgan fingerprint density at radius 3 is 2.82 bits per heavy atom. The van der Waals surface area contributed by atoms with Crippen LogP contribution >= 0.6 is 23.4 Å². The SMILES string of the molecule is O=C(CSc1ncccc1C(=O)O)NCc1cccc(Cl)c1. The lowest BCUT2D eigenvalue weighted by Crippen LogP contribution is -2.24. The Hall–Kier alpha value is -2.05. The summed E-state index contributed by atoms with van der Waals surface area (Å²) in [6.07, 6.45) is 1.50. The standard InChI is InChI=1S/C15H13ClN2O3S/c16-11-4-1-3-10(7-11)8-18-13(19)9-22-14-12(15(20)21)5-2-6-17-14/h1-7H,8-9H2,(H,18,19)(H,20,21). The number of carboxylic acids is 1. The second-order valence-electron chi connectivity index (χ2n) is 4.36. The summed E-state index contributed by atoms with van der Waals surface area (Å²) in [6, 6.07) is 10.2. The molecule has 1 aromatic heterocycles. The summed E-state index contributed by atoms with van der Waals surface area (Å²) in [7, 11) is 0. The Bertz CT molecular complexity index is 694. The normalized spacial score (nSPS) is 10.2. The van der Waals surface area contributed by atoms with Gasteiger partial charge in [0.15, 0.2) is 0 Å².